The number of rotatable bonds is 10. The largest absolute Gasteiger partial charge is 0.480 e. The first kappa shape index (κ1) is 26.1. The van der Waals surface area contributed by atoms with Crippen molar-refractivity contribution in [3.8, 4) is 11.1 Å². The number of benzene rings is 2. The molecule has 1 aliphatic carbocycles. The lowest BCUT2D eigenvalue weighted by Gasteiger charge is -2.19. The summed E-state index contributed by atoms with van der Waals surface area (Å²) in [6.45, 7) is 5.95. The summed E-state index contributed by atoms with van der Waals surface area (Å²) in [5.74, 6) is -1.20. The molecule has 0 unspecified atom stereocenters. The number of aliphatic carboxylic acids is 1. The number of carboxylic acids is 1. The normalized spacial score (nSPS) is 13.3. The zero-order valence-electron chi connectivity index (χ0n) is 20.5. The van der Waals surface area contributed by atoms with E-state index in [1.165, 1.54) is 0 Å². The lowest BCUT2D eigenvalue weighted by molar-refractivity contribution is -0.139. The summed E-state index contributed by atoms with van der Waals surface area (Å²) in [5.41, 5.74) is 3.89. The maximum absolute atomic E-state index is 12.4. The molecule has 2 aromatic rings. The molecule has 8 nitrogen and oxygen atoms in total. The summed E-state index contributed by atoms with van der Waals surface area (Å²) in [5, 5.41) is 14.6. The Morgan fingerprint density at radius 3 is 2.09 bits per heavy atom. The van der Waals surface area contributed by atoms with Crippen LogP contribution in [0, 0.1) is 0 Å². The number of carbonyl (C=O) groups is 3. The minimum Gasteiger partial charge on any atom is -0.480 e. The van der Waals surface area contributed by atoms with E-state index in [2.05, 4.69) is 22.8 Å². The quantitative estimate of drug-likeness (QED) is 0.408. The Labute approximate surface area is 206 Å². The predicted octanol–water partition coefficient (Wildman–Crippen LogP) is 5.06. The van der Waals surface area contributed by atoms with Crippen molar-refractivity contribution >= 4 is 18.2 Å². The lowest BCUT2D eigenvalue weighted by Crippen LogP contribution is -2.41. The van der Waals surface area contributed by atoms with Crippen LogP contribution in [-0.4, -0.2) is 48.1 Å². The molecule has 0 aliphatic heterocycles. The van der Waals surface area contributed by atoms with E-state index in [0.717, 1.165) is 22.3 Å². The number of fused-ring (bicyclic) bond motifs is 3. The van der Waals surface area contributed by atoms with Crippen molar-refractivity contribution < 1.29 is 29.0 Å². The lowest BCUT2D eigenvalue weighted by atomic mass is 9.98. The highest BCUT2D eigenvalue weighted by molar-refractivity contribution is 5.81. The molecule has 1 aliphatic rings. The summed E-state index contributed by atoms with van der Waals surface area (Å²) >= 11 is 0. The van der Waals surface area contributed by atoms with Crippen molar-refractivity contribution in [2.24, 2.45) is 0 Å². The predicted molar refractivity (Wildman–Crippen MR) is 132 cm³/mol. The first-order chi connectivity index (χ1) is 16.7. The number of carbonyl (C=O) groups excluding carboxylic acids is 2. The molecule has 0 aromatic heterocycles. The number of unbranched alkanes of at least 4 members (excludes halogenated alkanes) is 2. The van der Waals surface area contributed by atoms with Gasteiger partial charge in [0, 0.05) is 12.5 Å². The molecule has 0 spiro atoms. The summed E-state index contributed by atoms with van der Waals surface area (Å²) in [6, 6.07) is 15.0. The Morgan fingerprint density at radius 1 is 0.914 bits per heavy atom. The molecule has 0 saturated carbocycles. The van der Waals surface area contributed by atoms with Crippen molar-refractivity contribution in [2.45, 2.75) is 64.0 Å². The number of hydrogen-bond acceptors (Lipinski definition) is 5. The summed E-state index contributed by atoms with van der Waals surface area (Å²) < 4.78 is 10.6. The SMILES string of the molecule is CC(C)(C)OC(=O)NCCCCC[C@@H](NC(=O)OCC1c2ccccc2-c2ccccc21)C(=O)O. The second kappa shape index (κ2) is 11.7. The average Bonchev–Trinajstić information content (AvgIpc) is 3.11. The standard InChI is InChI=1S/C27H34N2O6/c1-27(2,3)35-25(32)28-16-10-4-5-15-23(24(30)31)29-26(33)34-17-22-20-13-8-6-11-18(20)19-12-7-9-14-21(19)22/h6-9,11-14,22-23H,4-5,10,15-17H2,1-3H3,(H,28,32)(H,29,33)(H,30,31)/t23-/m1/s1. The van der Waals surface area contributed by atoms with Crippen LogP contribution in [0.4, 0.5) is 9.59 Å². The van der Waals surface area contributed by atoms with Crippen molar-refractivity contribution in [2.75, 3.05) is 13.2 Å². The number of carboxylic acid groups (broad SMARTS) is 1. The van der Waals surface area contributed by atoms with E-state index >= 15 is 0 Å². The minimum atomic E-state index is -1.11. The van der Waals surface area contributed by atoms with Gasteiger partial charge in [-0.3, -0.25) is 0 Å². The van der Waals surface area contributed by atoms with Gasteiger partial charge in [0.25, 0.3) is 0 Å². The highest BCUT2D eigenvalue weighted by Crippen LogP contribution is 2.44. The number of nitrogens with one attached hydrogen (secondary N) is 2. The summed E-state index contributed by atoms with van der Waals surface area (Å²) in [4.78, 5) is 35.7. The van der Waals surface area contributed by atoms with Gasteiger partial charge in [0.2, 0.25) is 0 Å². The maximum atomic E-state index is 12.4. The Hall–Kier alpha value is -3.55. The van der Waals surface area contributed by atoms with Crippen molar-refractivity contribution in [1.82, 2.24) is 10.6 Å². The molecule has 0 saturated heterocycles. The van der Waals surface area contributed by atoms with Crippen LogP contribution in [0.1, 0.15) is 63.5 Å². The van der Waals surface area contributed by atoms with Crippen molar-refractivity contribution in [1.29, 1.82) is 0 Å². The minimum absolute atomic E-state index is 0.0890. The van der Waals surface area contributed by atoms with Crippen LogP contribution >= 0.6 is 0 Å². The molecule has 2 amide bonds. The molecule has 3 N–H and O–H groups in total. The topological polar surface area (TPSA) is 114 Å². The Kier molecular flexibility index (Phi) is 8.73. The average molecular weight is 483 g/mol. The zero-order chi connectivity index (χ0) is 25.4. The van der Waals surface area contributed by atoms with Gasteiger partial charge in [0.05, 0.1) is 0 Å². The monoisotopic (exact) mass is 482 g/mol. The van der Waals surface area contributed by atoms with Crippen LogP contribution in [0.25, 0.3) is 11.1 Å². The van der Waals surface area contributed by atoms with E-state index in [1.54, 1.807) is 20.8 Å². The van der Waals surface area contributed by atoms with Crippen LogP contribution in [0.15, 0.2) is 48.5 Å². The zero-order valence-corrected chi connectivity index (χ0v) is 20.5. The smallest absolute Gasteiger partial charge is 0.407 e. The molecule has 8 heteroatoms. The molecule has 0 fully saturated rings. The number of amides is 2. The summed E-state index contributed by atoms with van der Waals surface area (Å²) in [6.07, 6.45) is 1.01. The molecule has 0 heterocycles. The molecular weight excluding hydrogens is 448 g/mol. The molecule has 1 atom stereocenters. The number of alkyl carbamates (subject to hydrolysis) is 2. The first-order valence-electron chi connectivity index (χ1n) is 12.0. The summed E-state index contributed by atoms with van der Waals surface area (Å²) in [7, 11) is 0. The van der Waals surface area contributed by atoms with Gasteiger partial charge in [-0.2, -0.15) is 0 Å². The van der Waals surface area contributed by atoms with E-state index in [0.29, 0.717) is 25.8 Å². The van der Waals surface area contributed by atoms with E-state index in [9.17, 15) is 19.5 Å². The van der Waals surface area contributed by atoms with Gasteiger partial charge in [-0.15, -0.1) is 0 Å². The fourth-order valence-corrected chi connectivity index (χ4v) is 4.19. The van der Waals surface area contributed by atoms with E-state index < -0.39 is 29.8 Å². The van der Waals surface area contributed by atoms with E-state index in [-0.39, 0.29) is 18.9 Å². The van der Waals surface area contributed by atoms with Crippen molar-refractivity contribution in [3.05, 3.63) is 59.7 Å². The van der Waals surface area contributed by atoms with E-state index in [1.807, 2.05) is 36.4 Å². The molecule has 0 bridgehead atoms. The fourth-order valence-electron chi connectivity index (χ4n) is 4.19. The third kappa shape index (κ3) is 7.47. The molecule has 35 heavy (non-hydrogen) atoms. The molecule has 188 valence electrons. The third-order valence-corrected chi connectivity index (χ3v) is 5.77. The second-order valence-electron chi connectivity index (χ2n) is 9.64. The highest BCUT2D eigenvalue weighted by atomic mass is 16.6. The highest BCUT2D eigenvalue weighted by Gasteiger charge is 2.29. The van der Waals surface area contributed by atoms with Crippen LogP contribution in [0.3, 0.4) is 0 Å². The molecule has 3 rings (SSSR count). The maximum Gasteiger partial charge on any atom is 0.407 e. The first-order valence-corrected chi connectivity index (χ1v) is 12.0. The third-order valence-electron chi connectivity index (χ3n) is 5.77. The van der Waals surface area contributed by atoms with Gasteiger partial charge in [0.15, 0.2) is 0 Å². The van der Waals surface area contributed by atoms with Gasteiger partial charge in [0.1, 0.15) is 18.2 Å². The van der Waals surface area contributed by atoms with Gasteiger partial charge >= 0.3 is 18.2 Å². The van der Waals surface area contributed by atoms with Gasteiger partial charge in [-0.25, -0.2) is 14.4 Å². The second-order valence-corrected chi connectivity index (χ2v) is 9.64. The Morgan fingerprint density at radius 2 is 1.51 bits per heavy atom. The van der Waals surface area contributed by atoms with E-state index in [4.69, 9.17) is 9.47 Å². The van der Waals surface area contributed by atoms with Gasteiger partial charge < -0.3 is 25.2 Å². The van der Waals surface area contributed by atoms with Crippen LogP contribution in [0.2, 0.25) is 0 Å². The van der Waals surface area contributed by atoms with Crippen LogP contribution in [0.5, 0.6) is 0 Å². The van der Waals surface area contributed by atoms with Crippen LogP contribution < -0.4 is 10.6 Å². The molecular formula is C27H34N2O6. The fraction of sp³-hybridized carbons (Fsp3) is 0.444. The van der Waals surface area contributed by atoms with Gasteiger partial charge in [-0.1, -0.05) is 61.4 Å². The molecule has 0 radical (unpaired) electrons. The number of ether oxygens (including phenoxy) is 2. The Balaban J connectivity index is 1.42. The number of hydrogen-bond donors (Lipinski definition) is 3. The van der Waals surface area contributed by atoms with Crippen LogP contribution in [-0.2, 0) is 14.3 Å². The van der Waals surface area contributed by atoms with Crippen molar-refractivity contribution in [3.63, 3.8) is 0 Å². The Bertz CT molecular complexity index is 1000. The molecule has 2 aromatic carbocycles. The van der Waals surface area contributed by atoms with Gasteiger partial charge in [-0.05, 0) is 55.9 Å².